The number of hydrogen-bond donors (Lipinski definition) is 1. The SMILES string of the molecule is COc1ccc(N(CC(=O)NCCc2ccccc2F)C(C)=O)cc1OC. The first-order valence-corrected chi connectivity index (χ1v) is 8.46. The molecule has 0 aliphatic carbocycles. The summed E-state index contributed by atoms with van der Waals surface area (Å²) < 4.78 is 24.0. The molecule has 0 spiro atoms. The predicted octanol–water partition coefficient (Wildman–Crippen LogP) is 2.55. The first-order chi connectivity index (χ1) is 13.0. The average molecular weight is 374 g/mol. The van der Waals surface area contributed by atoms with Crippen LogP contribution in [-0.2, 0) is 16.0 Å². The molecule has 27 heavy (non-hydrogen) atoms. The molecule has 2 rings (SSSR count). The van der Waals surface area contributed by atoms with Crippen molar-refractivity contribution < 1.29 is 23.5 Å². The summed E-state index contributed by atoms with van der Waals surface area (Å²) >= 11 is 0. The van der Waals surface area contributed by atoms with Crippen LogP contribution in [0.15, 0.2) is 42.5 Å². The lowest BCUT2D eigenvalue weighted by molar-refractivity contribution is -0.123. The van der Waals surface area contributed by atoms with Gasteiger partial charge in [0.05, 0.1) is 14.2 Å². The summed E-state index contributed by atoms with van der Waals surface area (Å²) in [5.74, 6) is 0.0607. The van der Waals surface area contributed by atoms with Crippen LogP contribution in [-0.4, -0.2) is 39.1 Å². The molecule has 2 aromatic carbocycles. The highest BCUT2D eigenvalue weighted by molar-refractivity contribution is 5.97. The van der Waals surface area contributed by atoms with Gasteiger partial charge >= 0.3 is 0 Å². The second kappa shape index (κ2) is 9.56. The molecule has 0 aliphatic rings. The van der Waals surface area contributed by atoms with Crippen molar-refractivity contribution in [3.63, 3.8) is 0 Å². The van der Waals surface area contributed by atoms with Gasteiger partial charge in [-0.2, -0.15) is 0 Å². The maximum absolute atomic E-state index is 13.6. The van der Waals surface area contributed by atoms with Gasteiger partial charge in [0.15, 0.2) is 11.5 Å². The topological polar surface area (TPSA) is 67.9 Å². The first-order valence-electron chi connectivity index (χ1n) is 8.46. The first kappa shape index (κ1) is 20.2. The molecular weight excluding hydrogens is 351 g/mol. The normalized spacial score (nSPS) is 10.2. The minimum absolute atomic E-state index is 0.151. The third-order valence-corrected chi connectivity index (χ3v) is 4.03. The van der Waals surface area contributed by atoms with E-state index in [1.165, 1.54) is 32.1 Å². The molecule has 0 aromatic heterocycles. The third kappa shape index (κ3) is 5.44. The molecule has 6 nitrogen and oxygen atoms in total. The highest BCUT2D eigenvalue weighted by Crippen LogP contribution is 2.31. The fraction of sp³-hybridized carbons (Fsp3) is 0.300. The average Bonchev–Trinajstić information content (AvgIpc) is 2.66. The molecule has 0 saturated carbocycles. The van der Waals surface area contributed by atoms with E-state index in [2.05, 4.69) is 5.32 Å². The van der Waals surface area contributed by atoms with Gasteiger partial charge in [0, 0.05) is 25.2 Å². The number of benzene rings is 2. The minimum atomic E-state index is -0.337. The monoisotopic (exact) mass is 374 g/mol. The van der Waals surface area contributed by atoms with E-state index in [1.807, 2.05) is 0 Å². The minimum Gasteiger partial charge on any atom is -0.493 e. The third-order valence-electron chi connectivity index (χ3n) is 4.03. The van der Waals surface area contributed by atoms with Gasteiger partial charge in [-0.1, -0.05) is 18.2 Å². The van der Waals surface area contributed by atoms with Crippen LogP contribution in [0.3, 0.4) is 0 Å². The molecule has 1 N–H and O–H groups in total. The summed E-state index contributed by atoms with van der Waals surface area (Å²) in [6.45, 7) is 1.50. The van der Waals surface area contributed by atoms with E-state index in [9.17, 15) is 14.0 Å². The number of halogens is 1. The van der Waals surface area contributed by atoms with Crippen LogP contribution in [0.1, 0.15) is 12.5 Å². The van der Waals surface area contributed by atoms with Gasteiger partial charge in [0.25, 0.3) is 0 Å². The van der Waals surface area contributed by atoms with Crippen molar-refractivity contribution in [2.75, 3.05) is 32.2 Å². The highest BCUT2D eigenvalue weighted by Gasteiger charge is 2.17. The Balaban J connectivity index is 2.00. The van der Waals surface area contributed by atoms with Crippen molar-refractivity contribution in [1.82, 2.24) is 5.32 Å². The quantitative estimate of drug-likeness (QED) is 0.771. The van der Waals surface area contributed by atoms with Crippen molar-refractivity contribution in [3.05, 3.63) is 53.8 Å². The van der Waals surface area contributed by atoms with E-state index in [1.54, 1.807) is 36.4 Å². The number of ether oxygens (including phenoxy) is 2. The van der Waals surface area contributed by atoms with Gasteiger partial charge in [0.2, 0.25) is 11.8 Å². The van der Waals surface area contributed by atoms with E-state index < -0.39 is 0 Å². The van der Waals surface area contributed by atoms with E-state index in [4.69, 9.17) is 9.47 Å². The van der Waals surface area contributed by atoms with Gasteiger partial charge in [-0.15, -0.1) is 0 Å². The van der Waals surface area contributed by atoms with Gasteiger partial charge in [-0.3, -0.25) is 9.59 Å². The second-order valence-corrected chi connectivity index (χ2v) is 5.84. The Bertz CT molecular complexity index is 810. The summed E-state index contributed by atoms with van der Waals surface area (Å²) in [5.41, 5.74) is 1.05. The fourth-order valence-corrected chi connectivity index (χ4v) is 2.61. The van der Waals surface area contributed by atoms with Crippen LogP contribution in [0.25, 0.3) is 0 Å². The number of carbonyl (C=O) groups is 2. The number of methoxy groups -OCH3 is 2. The van der Waals surface area contributed by atoms with Crippen LogP contribution in [0.4, 0.5) is 10.1 Å². The lowest BCUT2D eigenvalue weighted by atomic mass is 10.1. The van der Waals surface area contributed by atoms with Crippen molar-refractivity contribution in [2.24, 2.45) is 0 Å². The smallest absolute Gasteiger partial charge is 0.240 e. The van der Waals surface area contributed by atoms with E-state index in [0.717, 1.165) is 0 Å². The van der Waals surface area contributed by atoms with Crippen molar-refractivity contribution in [3.8, 4) is 11.5 Å². The van der Waals surface area contributed by atoms with Crippen LogP contribution < -0.4 is 19.7 Å². The molecule has 2 aromatic rings. The predicted molar refractivity (Wildman–Crippen MR) is 101 cm³/mol. The molecule has 0 fully saturated rings. The maximum Gasteiger partial charge on any atom is 0.240 e. The zero-order valence-electron chi connectivity index (χ0n) is 15.6. The summed E-state index contributed by atoms with van der Waals surface area (Å²) in [6.07, 6.45) is 0.370. The summed E-state index contributed by atoms with van der Waals surface area (Å²) in [4.78, 5) is 25.6. The summed E-state index contributed by atoms with van der Waals surface area (Å²) in [5, 5.41) is 2.71. The Hall–Kier alpha value is -3.09. The van der Waals surface area contributed by atoms with Crippen LogP contribution in [0.2, 0.25) is 0 Å². The Morgan fingerprint density at radius 3 is 2.41 bits per heavy atom. The van der Waals surface area contributed by atoms with Crippen molar-refractivity contribution in [1.29, 1.82) is 0 Å². The Morgan fingerprint density at radius 1 is 1.07 bits per heavy atom. The molecule has 2 amide bonds. The lowest BCUT2D eigenvalue weighted by Gasteiger charge is -2.22. The number of rotatable bonds is 8. The number of amides is 2. The number of nitrogens with zero attached hydrogens (tertiary/aromatic N) is 1. The van der Waals surface area contributed by atoms with Crippen molar-refractivity contribution in [2.45, 2.75) is 13.3 Å². The molecule has 0 unspecified atom stereocenters. The number of anilines is 1. The maximum atomic E-state index is 13.6. The molecule has 0 bridgehead atoms. The van der Waals surface area contributed by atoms with Gasteiger partial charge in [0.1, 0.15) is 12.4 Å². The molecule has 0 saturated heterocycles. The van der Waals surface area contributed by atoms with Crippen LogP contribution in [0, 0.1) is 5.82 Å². The van der Waals surface area contributed by atoms with Crippen LogP contribution in [0.5, 0.6) is 11.5 Å². The summed E-state index contributed by atoms with van der Waals surface area (Å²) in [7, 11) is 3.01. The molecule has 0 atom stereocenters. The van der Waals surface area contributed by atoms with E-state index in [0.29, 0.717) is 29.2 Å². The highest BCUT2D eigenvalue weighted by atomic mass is 19.1. The largest absolute Gasteiger partial charge is 0.493 e. The van der Waals surface area contributed by atoms with Gasteiger partial charge in [-0.25, -0.2) is 4.39 Å². The lowest BCUT2D eigenvalue weighted by Crippen LogP contribution is -2.40. The van der Waals surface area contributed by atoms with Crippen LogP contribution >= 0.6 is 0 Å². The molecule has 144 valence electrons. The van der Waals surface area contributed by atoms with Gasteiger partial charge < -0.3 is 19.7 Å². The zero-order chi connectivity index (χ0) is 19.8. The van der Waals surface area contributed by atoms with Crippen molar-refractivity contribution >= 4 is 17.5 Å². The zero-order valence-corrected chi connectivity index (χ0v) is 15.6. The Morgan fingerprint density at radius 2 is 1.78 bits per heavy atom. The van der Waals surface area contributed by atoms with E-state index in [-0.39, 0.29) is 30.7 Å². The molecular formula is C20H23FN2O4. The summed E-state index contributed by atoms with van der Waals surface area (Å²) in [6, 6.07) is 11.4. The standard InChI is InChI=1S/C20H23FN2O4/c1-14(24)23(16-8-9-18(26-2)19(12-16)27-3)13-20(25)22-11-10-15-6-4-5-7-17(15)21/h4-9,12H,10-11,13H2,1-3H3,(H,22,25). The number of carbonyl (C=O) groups excluding carboxylic acids is 2. The molecule has 7 heteroatoms. The second-order valence-electron chi connectivity index (χ2n) is 5.84. The Labute approximate surface area is 157 Å². The number of nitrogens with one attached hydrogen (secondary N) is 1. The Kier molecular flexibility index (Phi) is 7.16. The van der Waals surface area contributed by atoms with E-state index >= 15 is 0 Å². The molecule has 0 aliphatic heterocycles. The van der Waals surface area contributed by atoms with Gasteiger partial charge in [-0.05, 0) is 30.2 Å². The molecule has 0 heterocycles. The number of hydrogen-bond acceptors (Lipinski definition) is 4. The molecule has 0 radical (unpaired) electrons. The fourth-order valence-electron chi connectivity index (χ4n) is 2.61.